The molecule has 0 fully saturated rings. The summed E-state index contributed by atoms with van der Waals surface area (Å²) in [6.45, 7) is 0.0636. The normalized spacial score (nSPS) is 11.3. The lowest BCUT2D eigenvalue weighted by molar-refractivity contribution is -0.120. The Morgan fingerprint density at radius 3 is 2.52 bits per heavy atom. The van der Waals surface area contributed by atoms with Crippen molar-refractivity contribution in [3.8, 4) is 5.75 Å². The fourth-order valence-corrected chi connectivity index (χ4v) is 4.66. The molecular formula is C17H17BrClFN2O4S. The standard InChI is InChI=1S/C17H17BrClFN2O4S/c1-26-17-14(18)9-12(19)10-15(17)27(24,25)22-7-6-21-16(23)8-11-2-4-13(20)5-3-11/h2-5,9-10,22H,6-8H2,1H3,(H,21,23). The third kappa shape index (κ3) is 6.17. The quantitative estimate of drug-likeness (QED) is 0.570. The highest BCUT2D eigenvalue weighted by Gasteiger charge is 2.22. The molecule has 2 aromatic carbocycles. The molecule has 0 aliphatic rings. The lowest BCUT2D eigenvalue weighted by Crippen LogP contribution is -2.35. The van der Waals surface area contributed by atoms with E-state index >= 15 is 0 Å². The molecule has 2 N–H and O–H groups in total. The topological polar surface area (TPSA) is 84.5 Å². The lowest BCUT2D eigenvalue weighted by Gasteiger charge is -2.13. The average Bonchev–Trinajstić information content (AvgIpc) is 2.60. The van der Waals surface area contributed by atoms with Crippen LogP contribution < -0.4 is 14.8 Å². The predicted molar refractivity (Wildman–Crippen MR) is 104 cm³/mol. The van der Waals surface area contributed by atoms with Crippen LogP contribution in [0.25, 0.3) is 0 Å². The van der Waals surface area contributed by atoms with Gasteiger partial charge in [-0.3, -0.25) is 4.79 Å². The van der Waals surface area contributed by atoms with E-state index < -0.39 is 10.0 Å². The van der Waals surface area contributed by atoms with E-state index in [0.717, 1.165) is 0 Å². The van der Waals surface area contributed by atoms with Gasteiger partial charge in [0.25, 0.3) is 0 Å². The van der Waals surface area contributed by atoms with Gasteiger partial charge in [-0.25, -0.2) is 17.5 Å². The lowest BCUT2D eigenvalue weighted by atomic mass is 10.1. The zero-order valence-corrected chi connectivity index (χ0v) is 17.4. The number of hydrogen-bond donors (Lipinski definition) is 2. The molecule has 2 rings (SSSR count). The van der Waals surface area contributed by atoms with E-state index in [-0.39, 0.29) is 46.9 Å². The minimum atomic E-state index is -3.89. The van der Waals surface area contributed by atoms with Crippen molar-refractivity contribution in [2.75, 3.05) is 20.2 Å². The number of rotatable bonds is 8. The zero-order valence-electron chi connectivity index (χ0n) is 14.3. The van der Waals surface area contributed by atoms with Crippen molar-refractivity contribution >= 4 is 43.5 Å². The second kappa shape index (κ2) is 9.50. The van der Waals surface area contributed by atoms with Crippen LogP contribution in [-0.2, 0) is 21.2 Å². The van der Waals surface area contributed by atoms with E-state index in [2.05, 4.69) is 26.0 Å². The number of benzene rings is 2. The Morgan fingerprint density at radius 1 is 1.22 bits per heavy atom. The van der Waals surface area contributed by atoms with Gasteiger partial charge in [0.2, 0.25) is 15.9 Å². The van der Waals surface area contributed by atoms with E-state index in [0.29, 0.717) is 10.0 Å². The van der Waals surface area contributed by atoms with Crippen molar-refractivity contribution in [2.24, 2.45) is 0 Å². The van der Waals surface area contributed by atoms with Gasteiger partial charge in [-0.1, -0.05) is 23.7 Å². The summed E-state index contributed by atoms with van der Waals surface area (Å²) in [6.07, 6.45) is 0.0715. The number of carbonyl (C=O) groups excluding carboxylic acids is 1. The first-order valence-corrected chi connectivity index (χ1v) is 10.4. The average molecular weight is 480 g/mol. The van der Waals surface area contributed by atoms with E-state index in [1.165, 1.54) is 43.5 Å². The third-order valence-corrected chi connectivity index (χ3v) is 5.76. The molecule has 0 aliphatic heterocycles. The number of methoxy groups -OCH3 is 1. The van der Waals surface area contributed by atoms with Crippen molar-refractivity contribution in [3.05, 3.63) is 57.3 Å². The van der Waals surface area contributed by atoms with E-state index in [9.17, 15) is 17.6 Å². The molecule has 0 heterocycles. The number of halogens is 3. The summed E-state index contributed by atoms with van der Waals surface area (Å²) >= 11 is 9.12. The number of ether oxygens (including phenoxy) is 1. The summed E-state index contributed by atoms with van der Waals surface area (Å²) in [6, 6.07) is 8.37. The van der Waals surface area contributed by atoms with E-state index in [4.69, 9.17) is 16.3 Å². The number of hydrogen-bond acceptors (Lipinski definition) is 4. The first-order valence-electron chi connectivity index (χ1n) is 7.77. The number of carbonyl (C=O) groups is 1. The fourth-order valence-electron chi connectivity index (χ4n) is 2.25. The van der Waals surface area contributed by atoms with Crippen molar-refractivity contribution in [2.45, 2.75) is 11.3 Å². The highest BCUT2D eigenvalue weighted by atomic mass is 79.9. The van der Waals surface area contributed by atoms with Gasteiger partial charge in [-0.15, -0.1) is 0 Å². The molecule has 0 aromatic heterocycles. The molecular weight excluding hydrogens is 463 g/mol. The van der Waals surface area contributed by atoms with Crippen LogP contribution in [0.3, 0.4) is 0 Å². The first kappa shape index (κ1) is 21.6. The fraction of sp³-hybridized carbons (Fsp3) is 0.235. The Balaban J connectivity index is 1.91. The largest absolute Gasteiger partial charge is 0.494 e. The number of nitrogens with one attached hydrogen (secondary N) is 2. The molecule has 146 valence electrons. The van der Waals surface area contributed by atoms with Crippen LogP contribution >= 0.6 is 27.5 Å². The van der Waals surface area contributed by atoms with Crippen molar-refractivity contribution in [1.82, 2.24) is 10.0 Å². The van der Waals surface area contributed by atoms with E-state index in [1.54, 1.807) is 0 Å². The summed E-state index contributed by atoms with van der Waals surface area (Å²) in [4.78, 5) is 11.7. The van der Waals surface area contributed by atoms with Crippen LogP contribution in [0.5, 0.6) is 5.75 Å². The van der Waals surface area contributed by atoms with Crippen LogP contribution in [0, 0.1) is 5.82 Å². The van der Waals surface area contributed by atoms with Gasteiger partial charge in [0.05, 0.1) is 18.0 Å². The number of amides is 1. The molecule has 6 nitrogen and oxygen atoms in total. The Bertz CT molecular complexity index is 923. The minimum absolute atomic E-state index is 0.0230. The maximum atomic E-state index is 12.8. The van der Waals surface area contributed by atoms with Crippen LogP contribution in [0.4, 0.5) is 4.39 Å². The zero-order chi connectivity index (χ0) is 20.0. The molecule has 0 aliphatic carbocycles. The molecule has 10 heteroatoms. The van der Waals surface area contributed by atoms with Crippen molar-refractivity contribution in [3.63, 3.8) is 0 Å². The maximum absolute atomic E-state index is 12.8. The molecule has 0 atom stereocenters. The SMILES string of the molecule is COc1c(Br)cc(Cl)cc1S(=O)(=O)NCCNC(=O)Cc1ccc(F)cc1. The molecule has 2 aromatic rings. The minimum Gasteiger partial charge on any atom is -0.494 e. The van der Waals surface area contributed by atoms with Gasteiger partial charge in [0, 0.05) is 18.1 Å². The van der Waals surface area contributed by atoms with Crippen molar-refractivity contribution < 1.29 is 22.3 Å². The molecule has 0 spiro atoms. The molecule has 0 bridgehead atoms. The highest BCUT2D eigenvalue weighted by Crippen LogP contribution is 2.35. The Kier molecular flexibility index (Phi) is 7.60. The first-order chi connectivity index (χ1) is 12.7. The Hall–Kier alpha value is -1.68. The summed E-state index contributed by atoms with van der Waals surface area (Å²) < 4.78 is 45.7. The van der Waals surface area contributed by atoms with Crippen molar-refractivity contribution in [1.29, 1.82) is 0 Å². The highest BCUT2D eigenvalue weighted by molar-refractivity contribution is 9.10. The van der Waals surface area contributed by atoms with Crippen LogP contribution in [0.1, 0.15) is 5.56 Å². The third-order valence-electron chi connectivity index (χ3n) is 3.49. The smallest absolute Gasteiger partial charge is 0.244 e. The van der Waals surface area contributed by atoms with Gasteiger partial charge >= 0.3 is 0 Å². The van der Waals surface area contributed by atoms with Crippen LogP contribution in [-0.4, -0.2) is 34.5 Å². The molecule has 1 amide bonds. The summed E-state index contributed by atoms with van der Waals surface area (Å²) in [7, 11) is -2.54. The molecule has 0 saturated carbocycles. The molecule has 0 radical (unpaired) electrons. The molecule has 0 unspecified atom stereocenters. The summed E-state index contributed by atoms with van der Waals surface area (Å²) in [5.41, 5.74) is 0.656. The van der Waals surface area contributed by atoms with E-state index in [1.807, 2.05) is 0 Å². The van der Waals surface area contributed by atoms with Gasteiger partial charge in [0.15, 0.2) is 5.75 Å². The summed E-state index contributed by atoms with van der Waals surface area (Å²) in [5, 5.41) is 2.83. The van der Waals surface area contributed by atoms with Gasteiger partial charge in [-0.2, -0.15) is 0 Å². The van der Waals surface area contributed by atoms with Gasteiger partial charge in [0.1, 0.15) is 10.7 Å². The van der Waals surface area contributed by atoms with Gasteiger partial charge in [-0.05, 0) is 45.8 Å². The Morgan fingerprint density at radius 2 is 1.89 bits per heavy atom. The number of sulfonamides is 1. The van der Waals surface area contributed by atoms with Crippen LogP contribution in [0.2, 0.25) is 5.02 Å². The second-order valence-electron chi connectivity index (χ2n) is 5.47. The monoisotopic (exact) mass is 478 g/mol. The Labute approximate surface area is 170 Å². The van der Waals surface area contributed by atoms with Crippen LogP contribution in [0.15, 0.2) is 45.8 Å². The second-order valence-corrected chi connectivity index (χ2v) is 8.50. The summed E-state index contributed by atoms with van der Waals surface area (Å²) in [5.74, 6) is -0.548. The molecule has 27 heavy (non-hydrogen) atoms. The van der Waals surface area contributed by atoms with Gasteiger partial charge < -0.3 is 10.1 Å². The molecule has 0 saturated heterocycles. The maximum Gasteiger partial charge on any atom is 0.244 e. The predicted octanol–water partition coefficient (Wildman–Crippen LogP) is 2.89.